The second kappa shape index (κ2) is 5.33. The van der Waals surface area contributed by atoms with Gasteiger partial charge < -0.3 is 5.32 Å². The summed E-state index contributed by atoms with van der Waals surface area (Å²) in [5, 5.41) is 4.90. The molecule has 3 rings (SSSR count). The average molecular weight is 286 g/mol. The fourth-order valence-electron chi connectivity index (χ4n) is 2.94. The van der Waals surface area contributed by atoms with Crippen LogP contribution in [0.25, 0.3) is 0 Å². The van der Waals surface area contributed by atoms with Crippen LogP contribution in [0.2, 0.25) is 10.2 Å². The zero-order chi connectivity index (χ0) is 12.5. The molecule has 2 saturated heterocycles. The van der Waals surface area contributed by atoms with Crippen LogP contribution in [0, 0.1) is 0 Å². The van der Waals surface area contributed by atoms with Gasteiger partial charge >= 0.3 is 0 Å². The van der Waals surface area contributed by atoms with Gasteiger partial charge in [0.1, 0.15) is 5.15 Å². The van der Waals surface area contributed by atoms with Gasteiger partial charge in [-0.1, -0.05) is 23.2 Å². The van der Waals surface area contributed by atoms with E-state index in [4.69, 9.17) is 23.2 Å². The molecule has 2 bridgehead atoms. The highest BCUT2D eigenvalue weighted by Gasteiger charge is 2.29. The smallest absolute Gasteiger partial charge is 0.129 e. The molecule has 2 aliphatic rings. The number of nitrogens with zero attached hydrogens (tertiary/aromatic N) is 2. The Labute approximate surface area is 117 Å². The number of halogens is 2. The molecule has 0 saturated carbocycles. The van der Waals surface area contributed by atoms with Gasteiger partial charge in [0.15, 0.2) is 0 Å². The minimum atomic E-state index is 0.517. The molecule has 0 radical (unpaired) electrons. The number of hydrogen-bond donors (Lipinski definition) is 1. The van der Waals surface area contributed by atoms with Crippen molar-refractivity contribution in [2.24, 2.45) is 0 Å². The molecule has 0 aliphatic carbocycles. The monoisotopic (exact) mass is 285 g/mol. The Morgan fingerprint density at radius 3 is 2.94 bits per heavy atom. The van der Waals surface area contributed by atoms with Gasteiger partial charge in [-0.3, -0.25) is 4.90 Å². The van der Waals surface area contributed by atoms with E-state index in [1.165, 1.54) is 19.3 Å². The van der Waals surface area contributed by atoms with E-state index < -0.39 is 0 Å². The van der Waals surface area contributed by atoms with Gasteiger partial charge in [0.2, 0.25) is 0 Å². The van der Waals surface area contributed by atoms with Crippen LogP contribution in [0.3, 0.4) is 0 Å². The van der Waals surface area contributed by atoms with E-state index in [0.717, 1.165) is 25.3 Å². The predicted molar refractivity (Wildman–Crippen MR) is 74.1 cm³/mol. The highest BCUT2D eigenvalue weighted by Crippen LogP contribution is 2.23. The van der Waals surface area contributed by atoms with Crippen molar-refractivity contribution < 1.29 is 0 Å². The van der Waals surface area contributed by atoms with Crippen molar-refractivity contribution in [1.82, 2.24) is 15.2 Å². The van der Waals surface area contributed by atoms with E-state index in [1.807, 2.05) is 6.07 Å². The highest BCUT2D eigenvalue weighted by atomic mass is 35.5. The van der Waals surface area contributed by atoms with Crippen LogP contribution in [0.4, 0.5) is 0 Å². The van der Waals surface area contributed by atoms with Gasteiger partial charge in [-0.15, -0.1) is 0 Å². The van der Waals surface area contributed by atoms with Crippen molar-refractivity contribution >= 4 is 23.2 Å². The van der Waals surface area contributed by atoms with Crippen LogP contribution in [0.5, 0.6) is 0 Å². The molecule has 2 aliphatic heterocycles. The topological polar surface area (TPSA) is 28.2 Å². The Kier molecular flexibility index (Phi) is 3.76. The van der Waals surface area contributed by atoms with Crippen molar-refractivity contribution in [3.05, 3.63) is 28.0 Å². The quantitative estimate of drug-likeness (QED) is 0.847. The molecule has 3 nitrogen and oxygen atoms in total. The lowest BCUT2D eigenvalue weighted by Crippen LogP contribution is -2.35. The number of nitrogens with one attached hydrogen (secondary N) is 1. The fraction of sp³-hybridized carbons (Fsp3) is 0.615. The van der Waals surface area contributed by atoms with Crippen LogP contribution >= 0.6 is 23.2 Å². The lowest BCUT2D eigenvalue weighted by molar-refractivity contribution is 0.248. The van der Waals surface area contributed by atoms with Gasteiger partial charge in [-0.25, -0.2) is 4.98 Å². The molecule has 18 heavy (non-hydrogen) atoms. The molecule has 98 valence electrons. The molecule has 1 N–H and O–H groups in total. The number of pyridine rings is 1. The Morgan fingerprint density at radius 1 is 1.22 bits per heavy atom. The third-order valence-electron chi connectivity index (χ3n) is 3.87. The average Bonchev–Trinajstić information content (AvgIpc) is 2.67. The van der Waals surface area contributed by atoms with Crippen molar-refractivity contribution in [2.75, 3.05) is 13.1 Å². The number of hydrogen-bond acceptors (Lipinski definition) is 3. The summed E-state index contributed by atoms with van der Waals surface area (Å²) in [6.45, 7) is 2.99. The minimum Gasteiger partial charge on any atom is -0.310 e. The summed E-state index contributed by atoms with van der Waals surface area (Å²) >= 11 is 12.1. The first kappa shape index (κ1) is 12.7. The lowest BCUT2D eigenvalue weighted by Gasteiger charge is -2.23. The second-order valence-electron chi connectivity index (χ2n) is 5.22. The van der Waals surface area contributed by atoms with Gasteiger partial charge in [-0.05, 0) is 31.4 Å². The van der Waals surface area contributed by atoms with Crippen molar-refractivity contribution in [1.29, 1.82) is 0 Å². The van der Waals surface area contributed by atoms with Crippen LogP contribution in [0.1, 0.15) is 25.0 Å². The van der Waals surface area contributed by atoms with E-state index in [1.54, 1.807) is 6.07 Å². The third-order valence-corrected chi connectivity index (χ3v) is 4.42. The third kappa shape index (κ3) is 2.80. The van der Waals surface area contributed by atoms with Crippen LogP contribution in [-0.4, -0.2) is 35.1 Å². The van der Waals surface area contributed by atoms with E-state index in [0.29, 0.717) is 22.3 Å². The molecule has 2 fully saturated rings. The predicted octanol–water partition coefficient (Wildman–Crippen LogP) is 2.71. The molecular formula is C13H17Cl2N3. The molecule has 2 unspecified atom stereocenters. The number of likely N-dealkylation sites (tertiary alicyclic amines) is 1. The SMILES string of the molecule is Clc1ccc(Cl)c(CN2CCC3CCC(C2)N3)n1. The summed E-state index contributed by atoms with van der Waals surface area (Å²) in [7, 11) is 0. The van der Waals surface area contributed by atoms with Crippen LogP contribution < -0.4 is 5.32 Å². The van der Waals surface area contributed by atoms with E-state index in [9.17, 15) is 0 Å². The fourth-order valence-corrected chi connectivity index (χ4v) is 3.27. The highest BCUT2D eigenvalue weighted by molar-refractivity contribution is 6.32. The Balaban J connectivity index is 1.70. The summed E-state index contributed by atoms with van der Waals surface area (Å²) < 4.78 is 0. The zero-order valence-electron chi connectivity index (χ0n) is 10.2. The normalized spacial score (nSPS) is 28.3. The Hall–Kier alpha value is -0.350. The van der Waals surface area contributed by atoms with Crippen molar-refractivity contribution in [2.45, 2.75) is 37.9 Å². The summed E-state index contributed by atoms with van der Waals surface area (Å²) in [5.41, 5.74) is 0.891. The largest absolute Gasteiger partial charge is 0.310 e. The maximum atomic E-state index is 6.17. The lowest BCUT2D eigenvalue weighted by atomic mass is 10.1. The molecule has 1 aromatic heterocycles. The van der Waals surface area contributed by atoms with E-state index in [-0.39, 0.29) is 0 Å². The summed E-state index contributed by atoms with van der Waals surface area (Å²) in [4.78, 5) is 6.76. The van der Waals surface area contributed by atoms with E-state index >= 15 is 0 Å². The molecular weight excluding hydrogens is 269 g/mol. The minimum absolute atomic E-state index is 0.517. The maximum absolute atomic E-state index is 6.17. The van der Waals surface area contributed by atoms with Crippen LogP contribution in [0.15, 0.2) is 12.1 Å². The first-order valence-electron chi connectivity index (χ1n) is 6.50. The standard InChI is InChI=1S/C13H17Cl2N3/c14-11-3-4-13(15)17-12(11)8-18-6-5-9-1-2-10(7-18)16-9/h3-4,9-10,16H,1-2,5-8H2. The number of aromatic nitrogens is 1. The second-order valence-corrected chi connectivity index (χ2v) is 6.02. The molecule has 2 atom stereocenters. The summed E-state index contributed by atoms with van der Waals surface area (Å²) in [6.07, 6.45) is 3.83. The number of fused-ring (bicyclic) bond motifs is 2. The van der Waals surface area contributed by atoms with E-state index in [2.05, 4.69) is 15.2 Å². The Bertz CT molecular complexity index is 438. The van der Waals surface area contributed by atoms with Gasteiger partial charge in [0.05, 0.1) is 10.7 Å². The summed E-state index contributed by atoms with van der Waals surface area (Å²) in [5.74, 6) is 0. The molecule has 3 heterocycles. The van der Waals surface area contributed by atoms with Crippen molar-refractivity contribution in [3.8, 4) is 0 Å². The first-order chi connectivity index (χ1) is 8.70. The van der Waals surface area contributed by atoms with Crippen molar-refractivity contribution in [3.63, 3.8) is 0 Å². The molecule has 0 aromatic carbocycles. The van der Waals surface area contributed by atoms with Gasteiger partial charge in [0, 0.05) is 31.7 Å². The van der Waals surface area contributed by atoms with Gasteiger partial charge in [0.25, 0.3) is 0 Å². The summed E-state index contributed by atoms with van der Waals surface area (Å²) in [6, 6.07) is 4.91. The maximum Gasteiger partial charge on any atom is 0.129 e. The molecule has 5 heteroatoms. The molecule has 0 amide bonds. The number of rotatable bonds is 2. The van der Waals surface area contributed by atoms with Gasteiger partial charge in [-0.2, -0.15) is 0 Å². The first-order valence-corrected chi connectivity index (χ1v) is 7.25. The Morgan fingerprint density at radius 2 is 2.06 bits per heavy atom. The van der Waals surface area contributed by atoms with Crippen LogP contribution in [-0.2, 0) is 6.54 Å². The zero-order valence-corrected chi connectivity index (χ0v) is 11.7. The molecule has 0 spiro atoms. The molecule has 1 aromatic rings.